The van der Waals surface area contributed by atoms with Crippen molar-refractivity contribution in [3.8, 4) is 11.5 Å². The first-order valence-corrected chi connectivity index (χ1v) is 7.55. The van der Waals surface area contributed by atoms with Crippen LogP contribution in [0, 0.1) is 6.92 Å². The van der Waals surface area contributed by atoms with E-state index in [2.05, 4.69) is 22.6 Å². The lowest BCUT2D eigenvalue weighted by molar-refractivity contribution is 0.482. The Hall–Kier alpha value is -1.07. The van der Waals surface area contributed by atoms with Gasteiger partial charge in [0.25, 0.3) is 0 Å². The molecule has 0 atom stereocenters. The highest BCUT2D eigenvalue weighted by molar-refractivity contribution is 7.80. The predicted octanol–water partition coefficient (Wildman–Crippen LogP) is 5.91. The van der Waals surface area contributed by atoms with Gasteiger partial charge in [-0.15, -0.1) is 12.6 Å². The normalized spacial score (nSPS) is 11.1. The average Bonchev–Trinajstić information content (AvgIpc) is 2.81. The maximum atomic E-state index is 6.29. The molecule has 1 N–H and O–H groups in total. The molecular weight excluding hydrogens is 351 g/mol. The van der Waals surface area contributed by atoms with E-state index in [9.17, 15) is 0 Å². The first kappa shape index (κ1) is 14.9. The van der Waals surface area contributed by atoms with Gasteiger partial charge in [0.2, 0.25) is 0 Å². The molecule has 108 valence electrons. The molecule has 0 saturated carbocycles. The number of aromatic nitrogens is 2. The molecule has 0 aliphatic carbocycles. The zero-order valence-corrected chi connectivity index (χ0v) is 13.9. The summed E-state index contributed by atoms with van der Waals surface area (Å²) in [5.41, 5.74) is 1.49. The lowest BCUT2D eigenvalue weighted by Crippen LogP contribution is -1.89. The Labute approximate surface area is 141 Å². The fourth-order valence-electron chi connectivity index (χ4n) is 1.97. The Morgan fingerprint density at radius 3 is 2.67 bits per heavy atom. The molecule has 1 aromatic heterocycles. The first-order chi connectivity index (χ1) is 9.97. The molecule has 2 aromatic carbocycles. The van der Waals surface area contributed by atoms with E-state index in [-0.39, 0.29) is 0 Å². The number of H-pyrrole nitrogens is 1. The van der Waals surface area contributed by atoms with Crippen molar-refractivity contribution in [1.82, 2.24) is 9.97 Å². The Morgan fingerprint density at radius 1 is 1.14 bits per heavy atom. The van der Waals surface area contributed by atoms with Crippen LogP contribution in [0.5, 0.6) is 11.5 Å². The minimum Gasteiger partial charge on any atom is -0.454 e. The maximum Gasteiger partial charge on any atom is 0.149 e. The number of benzene rings is 2. The van der Waals surface area contributed by atoms with Gasteiger partial charge in [0.15, 0.2) is 0 Å². The second-order valence-electron chi connectivity index (χ2n) is 4.41. The summed E-state index contributed by atoms with van der Waals surface area (Å²) in [5.74, 6) is 1.63. The van der Waals surface area contributed by atoms with E-state index in [0.717, 1.165) is 11.3 Å². The standard InChI is InChI=1S/C14H9Cl3N2OS/c1-6-18-8-5-10(12(17)14(21)13(8)19-6)20-9-4-2-3-7(15)11(9)16/h2-5,21H,1H3,(H,18,19). The lowest BCUT2D eigenvalue weighted by Gasteiger charge is -2.11. The molecule has 0 spiro atoms. The lowest BCUT2D eigenvalue weighted by atomic mass is 10.3. The van der Waals surface area contributed by atoms with Gasteiger partial charge in [-0.2, -0.15) is 0 Å². The first-order valence-electron chi connectivity index (χ1n) is 5.97. The summed E-state index contributed by atoms with van der Waals surface area (Å²) in [4.78, 5) is 8.00. The molecule has 3 rings (SSSR count). The third-order valence-electron chi connectivity index (χ3n) is 2.91. The van der Waals surface area contributed by atoms with Crippen molar-refractivity contribution >= 4 is 58.5 Å². The maximum absolute atomic E-state index is 6.29. The van der Waals surface area contributed by atoms with Crippen molar-refractivity contribution in [2.75, 3.05) is 0 Å². The van der Waals surface area contributed by atoms with E-state index in [4.69, 9.17) is 39.5 Å². The minimum atomic E-state index is 0.330. The van der Waals surface area contributed by atoms with Crippen molar-refractivity contribution in [3.05, 3.63) is 45.2 Å². The van der Waals surface area contributed by atoms with Gasteiger partial charge in [0.1, 0.15) is 27.9 Å². The molecule has 3 aromatic rings. The number of hydrogen-bond acceptors (Lipinski definition) is 3. The number of fused-ring (bicyclic) bond motifs is 1. The number of nitrogens with zero attached hydrogens (tertiary/aromatic N) is 1. The molecule has 0 saturated heterocycles. The van der Waals surface area contributed by atoms with Gasteiger partial charge in [-0.3, -0.25) is 0 Å². The topological polar surface area (TPSA) is 37.9 Å². The second-order valence-corrected chi connectivity index (χ2v) is 6.02. The molecule has 1 heterocycles. The van der Waals surface area contributed by atoms with Crippen LogP contribution in [0.1, 0.15) is 5.82 Å². The van der Waals surface area contributed by atoms with Crippen molar-refractivity contribution in [2.45, 2.75) is 11.8 Å². The van der Waals surface area contributed by atoms with Gasteiger partial charge in [0, 0.05) is 6.07 Å². The van der Waals surface area contributed by atoms with Crippen LogP contribution in [-0.2, 0) is 0 Å². The van der Waals surface area contributed by atoms with Crippen LogP contribution >= 0.6 is 47.4 Å². The molecule has 7 heteroatoms. The number of aryl methyl sites for hydroxylation is 1. The number of aromatic amines is 1. The van der Waals surface area contributed by atoms with Crippen LogP contribution < -0.4 is 4.74 Å². The summed E-state index contributed by atoms with van der Waals surface area (Å²) >= 11 is 22.8. The number of halogens is 3. The molecule has 0 radical (unpaired) electrons. The van der Waals surface area contributed by atoms with Crippen molar-refractivity contribution < 1.29 is 4.74 Å². The Bertz CT molecular complexity index is 848. The molecule has 0 unspecified atom stereocenters. The van der Waals surface area contributed by atoms with Gasteiger partial charge >= 0.3 is 0 Å². The second kappa shape index (κ2) is 5.61. The third-order valence-corrected chi connectivity index (χ3v) is 4.65. The Balaban J connectivity index is 2.12. The smallest absolute Gasteiger partial charge is 0.149 e. The van der Waals surface area contributed by atoms with E-state index >= 15 is 0 Å². The summed E-state index contributed by atoms with van der Waals surface area (Å²) in [6.07, 6.45) is 0. The zero-order valence-electron chi connectivity index (χ0n) is 10.7. The monoisotopic (exact) mass is 358 g/mol. The number of nitrogens with one attached hydrogen (secondary N) is 1. The Morgan fingerprint density at radius 2 is 1.90 bits per heavy atom. The van der Waals surface area contributed by atoms with Gasteiger partial charge in [-0.25, -0.2) is 4.98 Å². The largest absolute Gasteiger partial charge is 0.454 e. The van der Waals surface area contributed by atoms with Gasteiger partial charge < -0.3 is 9.72 Å². The van der Waals surface area contributed by atoms with E-state index in [0.29, 0.717) is 37.0 Å². The average molecular weight is 360 g/mol. The third kappa shape index (κ3) is 2.69. The van der Waals surface area contributed by atoms with E-state index in [1.807, 2.05) is 6.92 Å². The van der Waals surface area contributed by atoms with E-state index in [1.165, 1.54) is 0 Å². The summed E-state index contributed by atoms with van der Waals surface area (Å²) in [6, 6.07) is 6.90. The number of hydrogen-bond donors (Lipinski definition) is 2. The van der Waals surface area contributed by atoms with Crippen LogP contribution in [0.25, 0.3) is 11.0 Å². The predicted molar refractivity (Wildman–Crippen MR) is 89.6 cm³/mol. The molecule has 21 heavy (non-hydrogen) atoms. The van der Waals surface area contributed by atoms with Crippen LogP contribution in [0.2, 0.25) is 15.1 Å². The SMILES string of the molecule is Cc1nc2c(S)c(Cl)c(Oc3cccc(Cl)c3Cl)cc2[nH]1. The summed E-state index contributed by atoms with van der Waals surface area (Å²) in [7, 11) is 0. The molecule has 0 aliphatic rings. The van der Waals surface area contributed by atoms with Gasteiger partial charge in [-0.1, -0.05) is 40.9 Å². The van der Waals surface area contributed by atoms with Gasteiger partial charge in [-0.05, 0) is 19.1 Å². The van der Waals surface area contributed by atoms with Crippen molar-refractivity contribution in [2.24, 2.45) is 0 Å². The van der Waals surface area contributed by atoms with Crippen molar-refractivity contribution in [3.63, 3.8) is 0 Å². The molecule has 0 aliphatic heterocycles. The summed E-state index contributed by atoms with van der Waals surface area (Å²) < 4.78 is 5.77. The van der Waals surface area contributed by atoms with Gasteiger partial charge in [0.05, 0.1) is 20.5 Å². The van der Waals surface area contributed by atoms with Crippen molar-refractivity contribution in [1.29, 1.82) is 0 Å². The van der Waals surface area contributed by atoms with Crippen LogP contribution in [0.4, 0.5) is 0 Å². The van der Waals surface area contributed by atoms with Crippen LogP contribution in [-0.4, -0.2) is 9.97 Å². The number of ether oxygens (including phenoxy) is 1. The van der Waals surface area contributed by atoms with Crippen LogP contribution in [0.15, 0.2) is 29.2 Å². The molecule has 3 nitrogen and oxygen atoms in total. The Kier molecular flexibility index (Phi) is 3.97. The molecular formula is C14H9Cl3N2OS. The van der Waals surface area contributed by atoms with Crippen LogP contribution in [0.3, 0.4) is 0 Å². The highest BCUT2D eigenvalue weighted by Crippen LogP contribution is 2.41. The molecule has 0 bridgehead atoms. The quantitative estimate of drug-likeness (QED) is 0.558. The molecule has 0 amide bonds. The minimum absolute atomic E-state index is 0.330. The summed E-state index contributed by atoms with van der Waals surface area (Å²) in [5, 5.41) is 1.11. The highest BCUT2D eigenvalue weighted by Gasteiger charge is 2.15. The number of rotatable bonds is 2. The number of thiol groups is 1. The van der Waals surface area contributed by atoms with E-state index in [1.54, 1.807) is 24.3 Å². The zero-order chi connectivity index (χ0) is 15.1. The number of imidazole rings is 1. The molecule has 0 fully saturated rings. The fourth-order valence-corrected chi connectivity index (χ4v) is 2.76. The highest BCUT2D eigenvalue weighted by atomic mass is 35.5. The summed E-state index contributed by atoms with van der Waals surface area (Å²) in [6.45, 7) is 1.86. The van der Waals surface area contributed by atoms with E-state index < -0.39 is 0 Å². The fraction of sp³-hybridized carbons (Fsp3) is 0.0714.